The van der Waals surface area contributed by atoms with Crippen molar-refractivity contribution in [3.05, 3.63) is 0 Å². The van der Waals surface area contributed by atoms with Crippen molar-refractivity contribution in [2.24, 2.45) is 35.0 Å². The van der Waals surface area contributed by atoms with E-state index in [1.54, 1.807) is 0 Å². The molecule has 0 saturated heterocycles. The zero-order chi connectivity index (χ0) is 22.2. The molecule has 0 N–H and O–H groups in total. The van der Waals surface area contributed by atoms with Gasteiger partial charge in [0.05, 0.1) is 13.2 Å². The van der Waals surface area contributed by atoms with E-state index in [0.717, 1.165) is 12.3 Å². The highest BCUT2D eigenvalue weighted by Crippen LogP contribution is 2.60. The first-order valence-corrected chi connectivity index (χ1v) is 14.5. The highest BCUT2D eigenvalue weighted by Gasteiger charge is 2.57. The van der Waals surface area contributed by atoms with Gasteiger partial charge in [-0.1, -0.05) is 54.4 Å². The lowest BCUT2D eigenvalue weighted by molar-refractivity contribution is -0.133. The van der Waals surface area contributed by atoms with Crippen LogP contribution in [0.1, 0.15) is 74.1 Å². The average molecular weight is 421 g/mol. The van der Waals surface area contributed by atoms with Gasteiger partial charge in [-0.25, -0.2) is 4.79 Å². The molecule has 5 atom stereocenters. The molecule has 0 unspecified atom stereocenters. The molecule has 2 aliphatic carbocycles. The van der Waals surface area contributed by atoms with E-state index in [0.29, 0.717) is 23.2 Å². The van der Waals surface area contributed by atoms with Gasteiger partial charge in [-0.05, 0) is 72.9 Å². The summed E-state index contributed by atoms with van der Waals surface area (Å²) < 4.78 is 11.9. The summed E-state index contributed by atoms with van der Waals surface area (Å²) in [5.41, 5.74) is 0.314. The van der Waals surface area contributed by atoms with Crippen LogP contribution >= 0.6 is 0 Å². The molecule has 0 heterocycles. The predicted molar refractivity (Wildman–Crippen MR) is 123 cm³/mol. The average Bonchev–Trinajstić information content (AvgIpc) is 2.98. The molecule has 3 nitrogen and oxygen atoms in total. The number of esters is 1. The molecular weight excluding hydrogens is 376 g/mol. The Morgan fingerprint density at radius 2 is 1.76 bits per heavy atom. The second kappa shape index (κ2) is 8.75. The molecule has 29 heavy (non-hydrogen) atoms. The molecule has 2 rings (SSSR count). The highest BCUT2D eigenvalue weighted by atomic mass is 28.4. The van der Waals surface area contributed by atoms with Gasteiger partial charge >= 0.3 is 5.97 Å². The van der Waals surface area contributed by atoms with Gasteiger partial charge in [0, 0.05) is 11.8 Å². The Morgan fingerprint density at radius 3 is 2.28 bits per heavy atom. The number of hydrogen-bond donors (Lipinski definition) is 0. The highest BCUT2D eigenvalue weighted by molar-refractivity contribution is 6.74. The Hall–Kier alpha value is -0.793. The van der Waals surface area contributed by atoms with Crippen molar-refractivity contribution in [1.82, 2.24) is 0 Å². The topological polar surface area (TPSA) is 35.5 Å². The van der Waals surface area contributed by atoms with E-state index in [9.17, 15) is 4.79 Å². The zero-order valence-electron chi connectivity index (χ0n) is 20.5. The third kappa shape index (κ3) is 4.61. The fourth-order valence-corrected chi connectivity index (χ4v) is 8.62. The van der Waals surface area contributed by atoms with E-state index in [2.05, 4.69) is 73.4 Å². The van der Waals surface area contributed by atoms with Gasteiger partial charge < -0.3 is 9.16 Å². The Kier molecular flexibility index (Phi) is 7.39. The standard InChI is InChI=1S/C25H44O3Si/c1-17(2)20-12-13-21-23(28-29(9,10)24(5,6)18(3)4)19(11-14-22(26)27-8)15-16-25(20,21)7/h17-21,23H,12-13,15-16H2,1-10H3/t19-,20+,21-,23+,25+/m0/s1. The summed E-state index contributed by atoms with van der Waals surface area (Å²) in [5, 5.41) is 0.164. The van der Waals surface area contributed by atoms with E-state index in [1.165, 1.54) is 26.4 Å². The minimum Gasteiger partial charge on any atom is -0.459 e. The van der Waals surface area contributed by atoms with Crippen LogP contribution in [0.2, 0.25) is 18.1 Å². The van der Waals surface area contributed by atoms with Crippen molar-refractivity contribution in [2.75, 3.05) is 7.11 Å². The SMILES string of the molecule is COC(=O)C#C[C@H]1CC[C@]2(C)[C@@H](C(C)C)CC[C@H]2[C@@H]1O[Si](C)(C)C(C)(C)C(C)C. The molecule has 0 aromatic carbocycles. The third-order valence-electron chi connectivity index (χ3n) is 9.05. The van der Waals surface area contributed by atoms with Gasteiger partial charge in [0.1, 0.15) is 0 Å². The second-order valence-electron chi connectivity index (χ2n) is 11.4. The van der Waals surface area contributed by atoms with Crippen LogP contribution in [0.15, 0.2) is 0 Å². The van der Waals surface area contributed by atoms with Crippen molar-refractivity contribution in [3.63, 3.8) is 0 Å². The van der Waals surface area contributed by atoms with E-state index in [1.807, 2.05) is 0 Å². The van der Waals surface area contributed by atoms with E-state index < -0.39 is 14.3 Å². The van der Waals surface area contributed by atoms with Gasteiger partial charge in [-0.3, -0.25) is 0 Å². The van der Waals surface area contributed by atoms with Crippen LogP contribution in [-0.4, -0.2) is 27.5 Å². The number of methoxy groups -OCH3 is 1. The van der Waals surface area contributed by atoms with Crippen LogP contribution in [0.5, 0.6) is 0 Å². The molecule has 0 amide bonds. The van der Waals surface area contributed by atoms with Gasteiger partial charge in [0.25, 0.3) is 0 Å². The summed E-state index contributed by atoms with van der Waals surface area (Å²) in [6, 6.07) is 0. The zero-order valence-corrected chi connectivity index (χ0v) is 21.5. The quantitative estimate of drug-likeness (QED) is 0.227. The fourth-order valence-electron chi connectivity index (χ4n) is 5.92. The summed E-state index contributed by atoms with van der Waals surface area (Å²) in [5.74, 6) is 8.20. The lowest BCUT2D eigenvalue weighted by Gasteiger charge is -2.52. The van der Waals surface area contributed by atoms with Gasteiger partial charge in [0.15, 0.2) is 8.32 Å². The van der Waals surface area contributed by atoms with E-state index in [-0.39, 0.29) is 17.1 Å². The maximum Gasteiger partial charge on any atom is 0.384 e. The molecule has 2 fully saturated rings. The number of fused-ring (bicyclic) bond motifs is 1. The normalized spacial score (nSPS) is 32.7. The van der Waals surface area contributed by atoms with Crippen LogP contribution in [0, 0.1) is 46.8 Å². The number of rotatable bonds is 5. The Balaban J connectivity index is 2.41. The summed E-state index contributed by atoms with van der Waals surface area (Å²) in [6.07, 6.45) is 4.81. The largest absolute Gasteiger partial charge is 0.459 e. The lowest BCUT2D eigenvalue weighted by Crippen LogP contribution is -2.54. The van der Waals surface area contributed by atoms with Crippen LogP contribution in [0.25, 0.3) is 0 Å². The van der Waals surface area contributed by atoms with Crippen LogP contribution in [0.3, 0.4) is 0 Å². The maximum atomic E-state index is 11.7. The Labute approximate surface area is 180 Å². The molecular formula is C25H44O3Si. The van der Waals surface area contributed by atoms with Crippen molar-refractivity contribution < 1.29 is 14.0 Å². The fraction of sp³-hybridized carbons (Fsp3) is 0.880. The number of carbonyl (C=O) groups is 1. The third-order valence-corrected chi connectivity index (χ3v) is 13.6. The van der Waals surface area contributed by atoms with Crippen LogP contribution < -0.4 is 0 Å². The molecule has 0 aromatic rings. The van der Waals surface area contributed by atoms with Crippen molar-refractivity contribution in [3.8, 4) is 11.8 Å². The van der Waals surface area contributed by atoms with Crippen LogP contribution in [0.4, 0.5) is 0 Å². The van der Waals surface area contributed by atoms with Crippen molar-refractivity contribution in [2.45, 2.75) is 98.4 Å². The number of carbonyl (C=O) groups excluding carboxylic acids is 1. The molecule has 4 heteroatoms. The molecule has 0 aromatic heterocycles. The maximum absolute atomic E-state index is 11.7. The molecule has 0 aliphatic heterocycles. The van der Waals surface area contributed by atoms with Crippen molar-refractivity contribution >= 4 is 14.3 Å². The monoisotopic (exact) mass is 420 g/mol. The molecule has 0 radical (unpaired) electrons. The van der Waals surface area contributed by atoms with Gasteiger partial charge in [-0.15, -0.1) is 0 Å². The van der Waals surface area contributed by atoms with Gasteiger partial charge in [0.2, 0.25) is 0 Å². The number of ether oxygens (including phenoxy) is 1. The summed E-state index contributed by atoms with van der Waals surface area (Å²) in [7, 11) is -0.617. The minimum atomic E-state index is -2.01. The molecule has 0 bridgehead atoms. The molecule has 2 aliphatic rings. The smallest absolute Gasteiger partial charge is 0.384 e. The summed E-state index contributed by atoms with van der Waals surface area (Å²) >= 11 is 0. The minimum absolute atomic E-state index is 0.118. The Morgan fingerprint density at radius 1 is 1.14 bits per heavy atom. The molecule has 166 valence electrons. The molecule has 2 saturated carbocycles. The second-order valence-corrected chi connectivity index (χ2v) is 16.0. The van der Waals surface area contributed by atoms with Crippen molar-refractivity contribution in [1.29, 1.82) is 0 Å². The van der Waals surface area contributed by atoms with E-state index in [4.69, 9.17) is 9.16 Å². The van der Waals surface area contributed by atoms with Gasteiger partial charge in [-0.2, -0.15) is 0 Å². The first-order valence-electron chi connectivity index (χ1n) is 11.5. The first kappa shape index (κ1) is 24.5. The lowest BCUT2D eigenvalue weighted by atomic mass is 9.59. The van der Waals surface area contributed by atoms with E-state index >= 15 is 0 Å². The van der Waals surface area contributed by atoms with Crippen LogP contribution in [-0.2, 0) is 14.0 Å². The number of hydrogen-bond acceptors (Lipinski definition) is 3. The first-order chi connectivity index (χ1) is 13.3. The predicted octanol–water partition coefficient (Wildman–Crippen LogP) is 6.29. The molecule has 0 spiro atoms. The Bertz CT molecular complexity index is 655. The summed E-state index contributed by atoms with van der Waals surface area (Å²) in [6.45, 7) is 21.3. The summed E-state index contributed by atoms with van der Waals surface area (Å²) in [4.78, 5) is 11.7.